The minimum atomic E-state index is -0.764. The van der Waals surface area contributed by atoms with E-state index in [-0.39, 0.29) is 47.1 Å². The number of imide groups is 1. The molecule has 5 fully saturated rings. The van der Waals surface area contributed by atoms with Gasteiger partial charge in [-0.05, 0) is 91.3 Å². The normalized spacial score (nSPS) is 26.7. The number of likely N-dealkylation sites (tertiary alicyclic amines) is 1. The van der Waals surface area contributed by atoms with Gasteiger partial charge < -0.3 is 15.1 Å². The van der Waals surface area contributed by atoms with Gasteiger partial charge in [0.05, 0.1) is 11.6 Å². The van der Waals surface area contributed by atoms with Crippen LogP contribution in [0, 0.1) is 16.7 Å². The van der Waals surface area contributed by atoms with Gasteiger partial charge in [-0.25, -0.2) is 4.68 Å². The van der Waals surface area contributed by atoms with E-state index in [1.807, 2.05) is 30.3 Å². The number of piperazine rings is 1. The first-order valence-electron chi connectivity index (χ1n) is 18.4. The van der Waals surface area contributed by atoms with Gasteiger partial charge in [-0.2, -0.15) is 5.10 Å². The highest BCUT2D eigenvalue weighted by Gasteiger charge is 2.53. The van der Waals surface area contributed by atoms with E-state index >= 15 is 0 Å². The molecule has 1 aromatic heterocycles. The molecule has 264 valence electrons. The van der Waals surface area contributed by atoms with Gasteiger partial charge in [0.2, 0.25) is 5.91 Å². The van der Waals surface area contributed by atoms with Crippen molar-refractivity contribution < 1.29 is 14.4 Å². The van der Waals surface area contributed by atoms with Crippen molar-refractivity contribution in [1.29, 1.82) is 0 Å². The van der Waals surface area contributed by atoms with Crippen molar-refractivity contribution in [3.63, 3.8) is 0 Å². The number of benzene rings is 2. The molecule has 3 atom stereocenters. The Hall–Kier alpha value is -4.25. The molecule has 1 aliphatic carbocycles. The molecule has 11 heteroatoms. The topological polar surface area (TPSA) is 120 Å². The molecule has 2 N–H and O–H groups in total. The van der Waals surface area contributed by atoms with Crippen LogP contribution in [0.15, 0.2) is 53.5 Å². The number of hydrogen-bond acceptors (Lipinski definition) is 8. The van der Waals surface area contributed by atoms with Crippen molar-refractivity contribution >= 4 is 39.9 Å². The Bertz CT molecular complexity index is 1880. The molecule has 3 aromatic rings. The van der Waals surface area contributed by atoms with Crippen LogP contribution in [0.3, 0.4) is 0 Å². The molecule has 4 aliphatic heterocycles. The SMILES string of the molecule is CC1(C)CC(C)(C)C1NC(=O)c1ccc(N2CCC(CN3CC4CC3CN4c3ccc4c(=O)n(C5CCC(=O)NC5=O)ncc4c3)CC2)cc1. The number of carbonyl (C=O) groups excluding carboxylic acids is 3. The summed E-state index contributed by atoms with van der Waals surface area (Å²) in [5.41, 5.74) is 2.99. The van der Waals surface area contributed by atoms with Crippen LogP contribution in [0.4, 0.5) is 11.4 Å². The number of amides is 3. The van der Waals surface area contributed by atoms with E-state index in [4.69, 9.17) is 0 Å². The highest BCUT2D eigenvalue weighted by molar-refractivity contribution is 5.99. The number of nitrogens with zero attached hydrogens (tertiary/aromatic N) is 5. The van der Waals surface area contributed by atoms with E-state index in [0.29, 0.717) is 23.4 Å². The van der Waals surface area contributed by atoms with E-state index < -0.39 is 11.9 Å². The molecule has 0 spiro atoms. The summed E-state index contributed by atoms with van der Waals surface area (Å²) in [6, 6.07) is 14.5. The summed E-state index contributed by atoms with van der Waals surface area (Å²) >= 11 is 0. The second kappa shape index (κ2) is 12.2. The quantitative estimate of drug-likeness (QED) is 0.359. The largest absolute Gasteiger partial charge is 0.372 e. The molecule has 2 aromatic carbocycles. The lowest BCUT2D eigenvalue weighted by Gasteiger charge is -2.57. The standard InChI is InChI=1S/C39H49N7O4/c1-38(2)23-39(3,4)37(38)42-34(48)25-5-7-27(8-6-25)43-15-13-24(14-16-43)20-44-21-30-18-29(44)22-45(30)28-9-10-31-26(17-28)19-40-46(36(31)50)32-11-12-33(47)41-35(32)49/h5-10,17,19,24,29-30,32,37H,11-16,18,20-23H2,1-4H3,(H,42,48)(H,41,47,49). The molecule has 5 heterocycles. The van der Waals surface area contributed by atoms with Crippen molar-refractivity contribution in [3.8, 4) is 0 Å². The first kappa shape index (κ1) is 32.9. The zero-order chi connectivity index (χ0) is 34.9. The lowest BCUT2D eigenvalue weighted by atomic mass is 9.52. The van der Waals surface area contributed by atoms with Crippen LogP contribution in [-0.2, 0) is 9.59 Å². The number of hydrogen-bond donors (Lipinski definition) is 2. The number of fused-ring (bicyclic) bond motifs is 3. The third-order valence-corrected chi connectivity index (χ3v) is 12.3. The molecule has 0 radical (unpaired) electrons. The van der Waals surface area contributed by atoms with Crippen LogP contribution < -0.4 is 26.0 Å². The van der Waals surface area contributed by atoms with Gasteiger partial charge in [0.25, 0.3) is 17.4 Å². The molecular formula is C39H49N7O4. The molecular weight excluding hydrogens is 630 g/mol. The van der Waals surface area contributed by atoms with Crippen LogP contribution in [-0.4, -0.2) is 83.3 Å². The fraction of sp³-hybridized carbons (Fsp3) is 0.564. The lowest BCUT2D eigenvalue weighted by molar-refractivity contribution is -0.136. The summed E-state index contributed by atoms with van der Waals surface area (Å²) in [5.74, 6) is -0.0865. The van der Waals surface area contributed by atoms with Gasteiger partial charge >= 0.3 is 0 Å². The summed E-state index contributed by atoms with van der Waals surface area (Å²) in [7, 11) is 0. The molecule has 8 rings (SSSR count). The second-order valence-corrected chi connectivity index (χ2v) is 16.8. The number of piperidine rings is 2. The highest BCUT2D eigenvalue weighted by atomic mass is 16.2. The smallest absolute Gasteiger partial charge is 0.275 e. The molecule has 3 unspecified atom stereocenters. The van der Waals surface area contributed by atoms with Crippen LogP contribution >= 0.6 is 0 Å². The van der Waals surface area contributed by atoms with E-state index in [1.165, 1.54) is 23.2 Å². The monoisotopic (exact) mass is 679 g/mol. The third-order valence-electron chi connectivity index (χ3n) is 12.3. The summed E-state index contributed by atoms with van der Waals surface area (Å²) in [6.07, 6.45) is 6.75. The Labute approximate surface area is 293 Å². The number of carbonyl (C=O) groups is 3. The zero-order valence-electron chi connectivity index (χ0n) is 29.7. The summed E-state index contributed by atoms with van der Waals surface area (Å²) in [6.45, 7) is 14.2. The van der Waals surface area contributed by atoms with Crippen LogP contribution in [0.5, 0.6) is 0 Å². The Morgan fingerprint density at radius 2 is 1.64 bits per heavy atom. The van der Waals surface area contributed by atoms with Crippen LogP contribution in [0.2, 0.25) is 0 Å². The molecule has 2 bridgehead atoms. The van der Waals surface area contributed by atoms with Gasteiger partial charge in [-0.15, -0.1) is 0 Å². The minimum Gasteiger partial charge on any atom is -0.372 e. The summed E-state index contributed by atoms with van der Waals surface area (Å²) in [4.78, 5) is 57.9. The summed E-state index contributed by atoms with van der Waals surface area (Å²) in [5, 5.41) is 11.3. The molecule has 5 aliphatic rings. The highest BCUT2D eigenvalue weighted by Crippen LogP contribution is 2.53. The molecule has 3 amide bonds. The minimum absolute atomic E-state index is 0.0218. The van der Waals surface area contributed by atoms with Gasteiger partial charge in [0, 0.05) is 79.6 Å². The van der Waals surface area contributed by atoms with Crippen LogP contribution in [0.25, 0.3) is 10.8 Å². The average molecular weight is 680 g/mol. The molecule has 1 saturated carbocycles. The van der Waals surface area contributed by atoms with Crippen molar-refractivity contribution in [2.24, 2.45) is 16.7 Å². The zero-order valence-corrected chi connectivity index (χ0v) is 29.7. The lowest BCUT2D eigenvalue weighted by Crippen LogP contribution is -2.63. The number of nitrogens with one attached hydrogen (secondary N) is 2. The van der Waals surface area contributed by atoms with Crippen LogP contribution in [0.1, 0.15) is 82.6 Å². The first-order chi connectivity index (χ1) is 23.9. The fourth-order valence-electron chi connectivity index (χ4n) is 10.2. The van der Waals surface area contributed by atoms with E-state index in [0.717, 1.165) is 62.2 Å². The van der Waals surface area contributed by atoms with E-state index in [1.54, 1.807) is 6.20 Å². The Morgan fingerprint density at radius 3 is 2.30 bits per heavy atom. The number of anilines is 2. The number of aromatic nitrogens is 2. The van der Waals surface area contributed by atoms with E-state index in [2.05, 4.69) is 70.3 Å². The molecule has 11 nitrogen and oxygen atoms in total. The van der Waals surface area contributed by atoms with Gasteiger partial charge in [-0.1, -0.05) is 27.7 Å². The maximum absolute atomic E-state index is 13.3. The average Bonchev–Trinajstić information content (AvgIpc) is 3.68. The van der Waals surface area contributed by atoms with Crippen molar-refractivity contribution in [1.82, 2.24) is 25.3 Å². The molecule has 50 heavy (non-hydrogen) atoms. The Morgan fingerprint density at radius 1 is 0.920 bits per heavy atom. The first-order valence-corrected chi connectivity index (χ1v) is 18.4. The van der Waals surface area contributed by atoms with E-state index in [9.17, 15) is 19.2 Å². The van der Waals surface area contributed by atoms with Crippen molar-refractivity contribution in [3.05, 3.63) is 64.6 Å². The van der Waals surface area contributed by atoms with Crippen molar-refractivity contribution in [2.45, 2.75) is 90.4 Å². The van der Waals surface area contributed by atoms with Crippen molar-refractivity contribution in [2.75, 3.05) is 42.5 Å². The third kappa shape index (κ3) is 5.87. The molecule has 4 saturated heterocycles. The van der Waals surface area contributed by atoms with Gasteiger partial charge in [-0.3, -0.25) is 29.4 Å². The van der Waals surface area contributed by atoms with Gasteiger partial charge in [0.1, 0.15) is 6.04 Å². The summed E-state index contributed by atoms with van der Waals surface area (Å²) < 4.78 is 1.22. The Balaban J connectivity index is 0.833. The van der Waals surface area contributed by atoms with Gasteiger partial charge in [0.15, 0.2) is 0 Å². The number of rotatable bonds is 7. The fourth-order valence-corrected chi connectivity index (χ4v) is 10.2. The second-order valence-electron chi connectivity index (χ2n) is 16.8. The Kier molecular flexibility index (Phi) is 8.04. The predicted octanol–water partition coefficient (Wildman–Crippen LogP) is 4.11. The maximum atomic E-state index is 13.3. The predicted molar refractivity (Wildman–Crippen MR) is 193 cm³/mol. The maximum Gasteiger partial charge on any atom is 0.275 e.